The average molecular weight is 294 g/mol. The smallest absolute Gasteiger partial charge is 0.293 e. The fourth-order valence-corrected chi connectivity index (χ4v) is 1.71. The summed E-state index contributed by atoms with van der Waals surface area (Å²) >= 11 is 5.76. The van der Waals surface area contributed by atoms with Crippen LogP contribution in [0.4, 0.5) is 0 Å². The van der Waals surface area contributed by atoms with E-state index in [1.807, 2.05) is 45.0 Å². The first-order valence-electron chi connectivity index (χ1n) is 6.11. The Morgan fingerprint density at radius 3 is 2.20 bits per heavy atom. The predicted octanol–water partition coefficient (Wildman–Crippen LogP) is 2.90. The van der Waals surface area contributed by atoms with Gasteiger partial charge in [-0.25, -0.2) is 4.52 Å². The van der Waals surface area contributed by atoms with Crippen molar-refractivity contribution in [1.29, 1.82) is 5.41 Å². The SMILES string of the molecule is CC(C)(C)OC=O.N=c1c2c(-c3ccc(Cl)cc3)[nH]n12. The standard InChI is InChI=1S/C9H6ClN3.C5H10O2/c10-6-3-1-5(2-4-6)7-8-9(11)13(8)12-7;1-5(2,3)7-4-6/h1-4,11-12H;4H,1-3H3. The van der Waals surface area contributed by atoms with Gasteiger partial charge >= 0.3 is 0 Å². The van der Waals surface area contributed by atoms with E-state index in [2.05, 4.69) is 9.84 Å². The molecule has 2 N–H and O–H groups in total. The van der Waals surface area contributed by atoms with Crippen LogP contribution in [0.2, 0.25) is 5.02 Å². The molecule has 2 heterocycles. The molecule has 0 spiro atoms. The monoisotopic (exact) mass is 293 g/mol. The van der Waals surface area contributed by atoms with Crippen LogP contribution in [-0.2, 0) is 9.53 Å². The summed E-state index contributed by atoms with van der Waals surface area (Å²) < 4.78 is 6.29. The molecule has 0 unspecified atom stereocenters. The molecule has 0 aliphatic heterocycles. The summed E-state index contributed by atoms with van der Waals surface area (Å²) in [6.45, 7) is 5.92. The van der Waals surface area contributed by atoms with Crippen molar-refractivity contribution in [3.05, 3.63) is 34.8 Å². The van der Waals surface area contributed by atoms with E-state index in [4.69, 9.17) is 17.0 Å². The second-order valence-corrected chi connectivity index (χ2v) is 5.79. The second-order valence-electron chi connectivity index (χ2n) is 5.35. The van der Waals surface area contributed by atoms with Crippen LogP contribution in [0.25, 0.3) is 16.8 Å². The molecule has 6 heteroatoms. The molecule has 0 bridgehead atoms. The van der Waals surface area contributed by atoms with Crippen molar-refractivity contribution in [2.45, 2.75) is 26.4 Å². The minimum absolute atomic E-state index is 0.318. The van der Waals surface area contributed by atoms with Gasteiger partial charge in [0.1, 0.15) is 11.1 Å². The Hall–Kier alpha value is -2.01. The van der Waals surface area contributed by atoms with E-state index < -0.39 is 0 Å². The molecule has 0 saturated heterocycles. The molecule has 0 aliphatic carbocycles. The van der Waals surface area contributed by atoms with Gasteiger partial charge < -0.3 is 4.74 Å². The number of carbonyl (C=O) groups is 1. The molecule has 3 rings (SSSR count). The van der Waals surface area contributed by atoms with Gasteiger partial charge in [0.15, 0.2) is 5.49 Å². The largest absolute Gasteiger partial charge is 0.462 e. The van der Waals surface area contributed by atoms with Crippen molar-refractivity contribution in [2.75, 3.05) is 0 Å². The first-order chi connectivity index (χ1) is 9.33. The van der Waals surface area contributed by atoms with Gasteiger partial charge in [-0.3, -0.25) is 15.3 Å². The van der Waals surface area contributed by atoms with Crippen molar-refractivity contribution >= 4 is 23.6 Å². The molecule has 2 aromatic heterocycles. The summed E-state index contributed by atoms with van der Waals surface area (Å²) in [5.41, 5.74) is 3.37. The van der Waals surface area contributed by atoms with Crippen molar-refractivity contribution in [3.63, 3.8) is 0 Å². The molecule has 0 atom stereocenters. The zero-order valence-corrected chi connectivity index (χ0v) is 12.3. The number of benzene rings is 1. The number of ether oxygens (including phenoxy) is 1. The van der Waals surface area contributed by atoms with Gasteiger partial charge in [0, 0.05) is 10.6 Å². The summed E-state index contributed by atoms with van der Waals surface area (Å²) in [7, 11) is 0. The molecule has 0 amide bonds. The Balaban J connectivity index is 0.000000182. The lowest BCUT2D eigenvalue weighted by atomic mass is 10.1. The Bertz CT molecular complexity index is 721. The van der Waals surface area contributed by atoms with Gasteiger partial charge in [0.05, 0.1) is 5.69 Å². The van der Waals surface area contributed by atoms with E-state index in [-0.39, 0.29) is 5.60 Å². The lowest BCUT2D eigenvalue weighted by Crippen LogP contribution is -2.17. The van der Waals surface area contributed by atoms with Crippen molar-refractivity contribution < 1.29 is 9.53 Å². The lowest BCUT2D eigenvalue weighted by molar-refractivity contribution is -0.138. The molecule has 0 saturated carbocycles. The minimum atomic E-state index is -0.318. The zero-order valence-electron chi connectivity index (χ0n) is 11.5. The summed E-state index contributed by atoms with van der Waals surface area (Å²) in [5, 5.41) is 11.2. The predicted molar refractivity (Wildman–Crippen MR) is 77.3 cm³/mol. The number of nitrogens with zero attached hydrogens (tertiary/aromatic N) is 1. The Morgan fingerprint density at radius 2 is 1.90 bits per heavy atom. The highest BCUT2D eigenvalue weighted by Crippen LogP contribution is 2.25. The van der Waals surface area contributed by atoms with E-state index >= 15 is 0 Å². The van der Waals surface area contributed by atoms with E-state index in [9.17, 15) is 4.79 Å². The lowest BCUT2D eigenvalue weighted by Gasteiger charge is -2.14. The summed E-state index contributed by atoms with van der Waals surface area (Å²) in [6.07, 6.45) is 0. The third-order valence-electron chi connectivity index (χ3n) is 2.62. The van der Waals surface area contributed by atoms with Gasteiger partial charge in [0.25, 0.3) is 6.47 Å². The molecular formula is C14H16ClN3O2. The van der Waals surface area contributed by atoms with Crippen molar-refractivity contribution in [3.8, 4) is 11.3 Å². The number of hydrogen-bond acceptors (Lipinski definition) is 3. The normalized spacial score (nSPS) is 11.4. The zero-order chi connectivity index (χ0) is 14.9. The van der Waals surface area contributed by atoms with Crippen LogP contribution in [0.15, 0.2) is 24.3 Å². The van der Waals surface area contributed by atoms with Crippen LogP contribution < -0.4 is 5.49 Å². The van der Waals surface area contributed by atoms with Crippen molar-refractivity contribution in [1.82, 2.24) is 9.61 Å². The molecular weight excluding hydrogens is 278 g/mol. The fourth-order valence-electron chi connectivity index (χ4n) is 1.58. The molecule has 1 aromatic carbocycles. The highest BCUT2D eigenvalue weighted by atomic mass is 35.5. The number of halogens is 1. The van der Waals surface area contributed by atoms with Crippen LogP contribution >= 0.6 is 11.6 Å². The van der Waals surface area contributed by atoms with Gasteiger partial charge in [-0.2, -0.15) is 0 Å². The Kier molecular flexibility index (Phi) is 3.72. The minimum Gasteiger partial charge on any atom is -0.462 e. The van der Waals surface area contributed by atoms with Gasteiger partial charge in [-0.1, -0.05) is 23.7 Å². The van der Waals surface area contributed by atoms with Gasteiger partial charge in [0.2, 0.25) is 0 Å². The number of aromatic amines is 1. The van der Waals surface area contributed by atoms with Crippen LogP contribution in [0.1, 0.15) is 20.8 Å². The number of rotatable bonds is 2. The molecule has 0 fully saturated rings. The molecule has 20 heavy (non-hydrogen) atoms. The Labute approximate surface area is 121 Å². The highest BCUT2D eigenvalue weighted by molar-refractivity contribution is 6.30. The second kappa shape index (κ2) is 5.17. The number of carbonyl (C=O) groups excluding carboxylic acids is 1. The summed E-state index contributed by atoms with van der Waals surface area (Å²) in [4.78, 5) is 9.60. The van der Waals surface area contributed by atoms with Crippen LogP contribution in [0.3, 0.4) is 0 Å². The molecule has 106 valence electrons. The Morgan fingerprint density at radius 1 is 1.30 bits per heavy atom. The van der Waals surface area contributed by atoms with Gasteiger partial charge in [-0.15, -0.1) is 0 Å². The first kappa shape index (κ1) is 14.4. The third-order valence-corrected chi connectivity index (χ3v) is 2.87. The maximum Gasteiger partial charge on any atom is 0.293 e. The van der Waals surface area contributed by atoms with Crippen LogP contribution in [0.5, 0.6) is 0 Å². The number of hydrogen-bond donors (Lipinski definition) is 2. The fraction of sp³-hybridized carbons (Fsp3) is 0.286. The quantitative estimate of drug-likeness (QED) is 0.713. The molecule has 0 aliphatic rings. The third kappa shape index (κ3) is 3.11. The van der Waals surface area contributed by atoms with E-state index in [0.29, 0.717) is 12.0 Å². The topological polar surface area (TPSA) is 70.3 Å². The number of aromatic nitrogens is 2. The average Bonchev–Trinajstić information content (AvgIpc) is 2.81. The number of fused-ring (bicyclic) bond motifs is 1. The highest BCUT2D eigenvalue weighted by Gasteiger charge is 2.20. The van der Waals surface area contributed by atoms with Crippen LogP contribution in [-0.4, -0.2) is 21.7 Å². The maximum atomic E-state index is 9.60. The number of nitrogens with one attached hydrogen (secondary N) is 2. The van der Waals surface area contributed by atoms with Gasteiger partial charge in [-0.05, 0) is 32.9 Å². The van der Waals surface area contributed by atoms with E-state index in [1.54, 1.807) is 4.52 Å². The number of H-pyrrole nitrogens is 1. The van der Waals surface area contributed by atoms with E-state index in [0.717, 1.165) is 21.8 Å². The molecule has 0 radical (unpaired) electrons. The molecule has 3 aromatic rings. The van der Waals surface area contributed by atoms with Crippen molar-refractivity contribution in [2.24, 2.45) is 0 Å². The maximum absolute atomic E-state index is 9.60. The summed E-state index contributed by atoms with van der Waals surface area (Å²) in [6, 6.07) is 7.59. The van der Waals surface area contributed by atoms with E-state index in [1.165, 1.54) is 0 Å². The summed E-state index contributed by atoms with van der Waals surface area (Å²) in [5.74, 6) is 0. The first-order valence-corrected chi connectivity index (χ1v) is 6.48. The molecule has 5 nitrogen and oxygen atoms in total. The van der Waals surface area contributed by atoms with Crippen LogP contribution in [0, 0.1) is 5.41 Å².